The minimum absolute atomic E-state index is 0.165. The molecule has 1 aromatic carbocycles. The molecule has 0 spiro atoms. The molecule has 2 aliphatic carbocycles. The first-order chi connectivity index (χ1) is 10.3. The minimum atomic E-state index is -0.165. The summed E-state index contributed by atoms with van der Waals surface area (Å²) in [6.45, 7) is 0. The van der Waals surface area contributed by atoms with Crippen LogP contribution in [0.3, 0.4) is 0 Å². The fourth-order valence-electron chi connectivity index (χ4n) is 3.32. The van der Waals surface area contributed by atoms with E-state index in [4.69, 9.17) is 4.74 Å². The number of nitrogens with zero attached hydrogens (tertiary/aromatic N) is 2. The molecule has 1 fully saturated rings. The molecule has 1 heterocycles. The molecule has 5 nitrogen and oxygen atoms in total. The largest absolute Gasteiger partial charge is 0.480 e. The first kappa shape index (κ1) is 12.3. The van der Waals surface area contributed by atoms with E-state index < -0.39 is 0 Å². The van der Waals surface area contributed by atoms with Crippen LogP contribution in [0.25, 0.3) is 0 Å². The highest BCUT2D eigenvalue weighted by atomic mass is 16.5. The molecule has 1 amide bonds. The molecule has 0 aliphatic heterocycles. The Bertz CT molecular complexity index is 699. The van der Waals surface area contributed by atoms with Crippen LogP contribution in [0.1, 0.15) is 27.5 Å². The van der Waals surface area contributed by atoms with E-state index in [0.717, 1.165) is 6.42 Å². The van der Waals surface area contributed by atoms with Crippen LogP contribution >= 0.6 is 0 Å². The normalized spacial score (nSPS) is 24.9. The van der Waals surface area contributed by atoms with Crippen LogP contribution in [-0.2, 0) is 6.42 Å². The van der Waals surface area contributed by atoms with Crippen molar-refractivity contribution in [3.63, 3.8) is 0 Å². The Morgan fingerprint density at radius 2 is 2.10 bits per heavy atom. The van der Waals surface area contributed by atoms with E-state index in [0.29, 0.717) is 23.4 Å². The summed E-state index contributed by atoms with van der Waals surface area (Å²) in [5, 5.41) is 10.8. The van der Waals surface area contributed by atoms with Gasteiger partial charge in [0.2, 0.25) is 5.88 Å². The van der Waals surface area contributed by atoms with Crippen molar-refractivity contribution in [2.45, 2.75) is 18.4 Å². The summed E-state index contributed by atoms with van der Waals surface area (Å²) < 4.78 is 4.94. The maximum Gasteiger partial charge on any atom is 0.272 e. The van der Waals surface area contributed by atoms with E-state index >= 15 is 0 Å². The Kier molecular flexibility index (Phi) is 2.67. The van der Waals surface area contributed by atoms with Crippen LogP contribution < -0.4 is 10.1 Å². The van der Waals surface area contributed by atoms with Crippen molar-refractivity contribution >= 4 is 5.91 Å². The van der Waals surface area contributed by atoms with Crippen molar-refractivity contribution in [2.75, 3.05) is 7.11 Å². The number of ether oxygens (including phenoxy) is 1. The Balaban J connectivity index is 1.45. The molecule has 0 saturated heterocycles. The number of amides is 1. The van der Waals surface area contributed by atoms with Gasteiger partial charge in [0.05, 0.1) is 7.11 Å². The molecule has 1 N–H and O–H groups in total. The summed E-state index contributed by atoms with van der Waals surface area (Å²) in [5.41, 5.74) is 3.13. The Morgan fingerprint density at radius 1 is 1.24 bits per heavy atom. The van der Waals surface area contributed by atoms with Crippen molar-refractivity contribution in [1.82, 2.24) is 15.5 Å². The lowest BCUT2D eigenvalue weighted by Gasteiger charge is -2.09. The number of hydrogen-bond donors (Lipinski definition) is 1. The predicted molar refractivity (Wildman–Crippen MR) is 76.2 cm³/mol. The van der Waals surface area contributed by atoms with Crippen LogP contribution in [0.2, 0.25) is 0 Å². The molecular weight excluding hydrogens is 266 g/mol. The monoisotopic (exact) mass is 281 g/mol. The lowest BCUT2D eigenvalue weighted by atomic mass is 10.1. The molecule has 1 aromatic heterocycles. The summed E-state index contributed by atoms with van der Waals surface area (Å²) in [4.78, 5) is 12.2. The SMILES string of the molecule is COc1ccc(C(=O)N[C@@H]2[C@H]3Cc4ccccc4[C@@H]32)nn1. The summed E-state index contributed by atoms with van der Waals surface area (Å²) in [6.07, 6.45) is 1.06. The number of aromatic nitrogens is 2. The number of methoxy groups -OCH3 is 1. The maximum absolute atomic E-state index is 12.2. The highest BCUT2D eigenvalue weighted by Gasteiger charge is 2.56. The maximum atomic E-state index is 12.2. The van der Waals surface area contributed by atoms with E-state index in [9.17, 15) is 4.79 Å². The van der Waals surface area contributed by atoms with Crippen LogP contribution in [0.15, 0.2) is 36.4 Å². The van der Waals surface area contributed by atoms with E-state index in [1.165, 1.54) is 18.2 Å². The van der Waals surface area contributed by atoms with Crippen LogP contribution in [0.5, 0.6) is 5.88 Å². The van der Waals surface area contributed by atoms with Gasteiger partial charge in [-0.15, -0.1) is 10.2 Å². The molecule has 2 aromatic rings. The third kappa shape index (κ3) is 1.96. The van der Waals surface area contributed by atoms with Crippen LogP contribution in [0, 0.1) is 5.92 Å². The van der Waals surface area contributed by atoms with Crippen molar-refractivity contribution in [3.05, 3.63) is 53.2 Å². The molecular formula is C16H15N3O2. The Labute approximate surface area is 122 Å². The third-order valence-electron chi connectivity index (χ3n) is 4.42. The Hall–Kier alpha value is -2.43. The van der Waals surface area contributed by atoms with E-state index in [-0.39, 0.29) is 11.9 Å². The molecule has 3 atom stereocenters. The number of nitrogens with one attached hydrogen (secondary N) is 1. The van der Waals surface area contributed by atoms with Gasteiger partial charge in [-0.05, 0) is 29.5 Å². The van der Waals surface area contributed by atoms with Gasteiger partial charge >= 0.3 is 0 Å². The van der Waals surface area contributed by atoms with Crippen LogP contribution in [-0.4, -0.2) is 29.3 Å². The summed E-state index contributed by atoms with van der Waals surface area (Å²) in [7, 11) is 1.52. The van der Waals surface area contributed by atoms with Crippen molar-refractivity contribution in [2.24, 2.45) is 5.92 Å². The zero-order valence-corrected chi connectivity index (χ0v) is 11.6. The van der Waals surface area contributed by atoms with Crippen molar-refractivity contribution in [1.29, 1.82) is 0 Å². The highest BCUT2D eigenvalue weighted by Crippen LogP contribution is 2.56. The van der Waals surface area contributed by atoms with Gasteiger partial charge in [-0.25, -0.2) is 0 Å². The van der Waals surface area contributed by atoms with Gasteiger partial charge in [0.15, 0.2) is 5.69 Å². The van der Waals surface area contributed by atoms with Gasteiger partial charge in [-0.3, -0.25) is 4.79 Å². The summed E-state index contributed by atoms with van der Waals surface area (Å²) >= 11 is 0. The quantitative estimate of drug-likeness (QED) is 0.927. The number of fused-ring (bicyclic) bond motifs is 3. The van der Waals surface area contributed by atoms with Gasteiger partial charge in [-0.1, -0.05) is 24.3 Å². The number of hydrogen-bond acceptors (Lipinski definition) is 4. The zero-order valence-electron chi connectivity index (χ0n) is 11.6. The second-order valence-corrected chi connectivity index (χ2v) is 5.55. The summed E-state index contributed by atoms with van der Waals surface area (Å²) in [6, 6.07) is 12.0. The lowest BCUT2D eigenvalue weighted by molar-refractivity contribution is 0.0942. The highest BCUT2D eigenvalue weighted by molar-refractivity contribution is 5.92. The molecule has 21 heavy (non-hydrogen) atoms. The average Bonchev–Trinajstić information content (AvgIpc) is 3.04. The smallest absolute Gasteiger partial charge is 0.272 e. The molecule has 0 unspecified atom stereocenters. The average molecular weight is 281 g/mol. The van der Waals surface area contributed by atoms with Gasteiger partial charge < -0.3 is 10.1 Å². The van der Waals surface area contributed by atoms with Gasteiger partial charge in [0.25, 0.3) is 5.91 Å². The first-order valence-electron chi connectivity index (χ1n) is 7.04. The molecule has 4 rings (SSSR count). The second kappa shape index (κ2) is 4.55. The van der Waals surface area contributed by atoms with Gasteiger partial charge in [0, 0.05) is 18.0 Å². The van der Waals surface area contributed by atoms with Crippen LogP contribution in [0.4, 0.5) is 0 Å². The van der Waals surface area contributed by atoms with Crippen molar-refractivity contribution < 1.29 is 9.53 Å². The standard InChI is InChI=1S/C16H15N3O2/c1-21-13-7-6-12(18-19-13)16(20)17-15-11-8-9-4-2-3-5-10(9)14(11)15/h2-7,11,14-15H,8H2,1H3,(H,17,20)/t11-,14-,15+/m0/s1. The molecule has 106 valence electrons. The van der Waals surface area contributed by atoms with Gasteiger partial charge in [-0.2, -0.15) is 0 Å². The fourth-order valence-corrected chi connectivity index (χ4v) is 3.32. The van der Waals surface area contributed by atoms with E-state index in [1.807, 2.05) is 0 Å². The number of carbonyl (C=O) groups is 1. The number of rotatable bonds is 3. The van der Waals surface area contributed by atoms with E-state index in [1.54, 1.807) is 12.1 Å². The third-order valence-corrected chi connectivity index (χ3v) is 4.42. The molecule has 1 saturated carbocycles. The zero-order chi connectivity index (χ0) is 14.4. The molecule has 2 aliphatic rings. The van der Waals surface area contributed by atoms with Crippen molar-refractivity contribution in [3.8, 4) is 5.88 Å². The Morgan fingerprint density at radius 3 is 2.86 bits per heavy atom. The minimum Gasteiger partial charge on any atom is -0.480 e. The number of benzene rings is 1. The lowest BCUT2D eigenvalue weighted by Crippen LogP contribution is -2.29. The summed E-state index contributed by atoms with van der Waals surface area (Å²) in [5.74, 6) is 1.25. The predicted octanol–water partition coefficient (Wildman–Crippen LogP) is 1.55. The topological polar surface area (TPSA) is 64.1 Å². The molecule has 0 radical (unpaired) electrons. The second-order valence-electron chi connectivity index (χ2n) is 5.55. The van der Waals surface area contributed by atoms with Gasteiger partial charge in [0.1, 0.15) is 0 Å². The first-order valence-corrected chi connectivity index (χ1v) is 7.04. The fraction of sp³-hybridized carbons (Fsp3) is 0.312. The molecule has 5 heteroatoms. The number of carbonyl (C=O) groups excluding carboxylic acids is 1. The van der Waals surface area contributed by atoms with E-state index in [2.05, 4.69) is 39.8 Å². The molecule has 0 bridgehead atoms.